The molecule has 3 aromatic rings. The quantitative estimate of drug-likeness (QED) is 0.635. The Morgan fingerprint density at radius 2 is 2.08 bits per heavy atom. The fourth-order valence-electron chi connectivity index (χ4n) is 2.23. The van der Waals surface area contributed by atoms with Gasteiger partial charge in [0.1, 0.15) is 12.4 Å². The van der Waals surface area contributed by atoms with Crippen LogP contribution < -0.4 is 4.74 Å². The third-order valence-electron chi connectivity index (χ3n) is 3.35. The van der Waals surface area contributed by atoms with Gasteiger partial charge in [0.25, 0.3) is 0 Å². The molecule has 0 spiro atoms. The fourth-order valence-corrected chi connectivity index (χ4v) is 3.21. The van der Waals surface area contributed by atoms with Gasteiger partial charge in [0, 0.05) is 18.9 Å². The molecule has 0 aliphatic heterocycles. The van der Waals surface area contributed by atoms with Crippen LogP contribution in [0.3, 0.4) is 0 Å². The Morgan fingerprint density at radius 3 is 2.92 bits per heavy atom. The van der Waals surface area contributed by atoms with Gasteiger partial charge in [-0.1, -0.05) is 12.1 Å². The van der Waals surface area contributed by atoms with Gasteiger partial charge in [-0.3, -0.25) is 9.19 Å². The number of pyridine rings is 1. The standard InChI is InChI=1S/C17H19N3O3S/c1-2-22-9-10-23-14-7-8-18-13(11-14)12-24(21)17-19-15-5-3-4-6-16(15)20-17/h3-8,11H,2,9-10,12H2,1H3,(H,19,20)/t24-/m0/s1. The number of aromatic nitrogens is 3. The molecule has 0 amide bonds. The van der Waals surface area contributed by atoms with Gasteiger partial charge in [0.05, 0.1) is 39.9 Å². The van der Waals surface area contributed by atoms with Crippen LogP contribution in [0.4, 0.5) is 0 Å². The topological polar surface area (TPSA) is 77.1 Å². The monoisotopic (exact) mass is 345 g/mol. The summed E-state index contributed by atoms with van der Waals surface area (Å²) >= 11 is 0. The lowest BCUT2D eigenvalue weighted by Crippen LogP contribution is -2.07. The van der Waals surface area contributed by atoms with E-state index in [0.29, 0.717) is 36.4 Å². The van der Waals surface area contributed by atoms with E-state index in [1.807, 2.05) is 31.2 Å². The molecule has 24 heavy (non-hydrogen) atoms. The Labute approximate surface area is 142 Å². The highest BCUT2D eigenvalue weighted by Crippen LogP contribution is 2.17. The van der Waals surface area contributed by atoms with E-state index in [1.165, 1.54) is 0 Å². The molecule has 0 aliphatic carbocycles. The molecule has 126 valence electrons. The van der Waals surface area contributed by atoms with Crippen LogP contribution in [0.25, 0.3) is 11.0 Å². The van der Waals surface area contributed by atoms with Crippen molar-refractivity contribution in [3.05, 3.63) is 48.3 Å². The first-order chi connectivity index (χ1) is 11.8. The van der Waals surface area contributed by atoms with Crippen molar-refractivity contribution in [2.75, 3.05) is 19.8 Å². The molecule has 6 nitrogen and oxygen atoms in total. The van der Waals surface area contributed by atoms with Gasteiger partial charge in [-0.15, -0.1) is 0 Å². The summed E-state index contributed by atoms with van der Waals surface area (Å²) in [6.07, 6.45) is 1.65. The largest absolute Gasteiger partial charge is 0.491 e. The second kappa shape index (κ2) is 8.03. The van der Waals surface area contributed by atoms with Crippen LogP contribution in [0.1, 0.15) is 12.6 Å². The molecule has 0 saturated carbocycles. The fraction of sp³-hybridized carbons (Fsp3) is 0.294. The number of fused-ring (bicyclic) bond motifs is 1. The van der Waals surface area contributed by atoms with Gasteiger partial charge in [-0.25, -0.2) is 4.98 Å². The van der Waals surface area contributed by atoms with Crippen LogP contribution in [0.5, 0.6) is 5.75 Å². The maximum Gasteiger partial charge on any atom is 0.197 e. The van der Waals surface area contributed by atoms with Crippen LogP contribution >= 0.6 is 0 Å². The molecule has 0 saturated heterocycles. The number of nitrogens with one attached hydrogen (secondary N) is 1. The van der Waals surface area contributed by atoms with E-state index in [0.717, 1.165) is 11.0 Å². The molecule has 0 fully saturated rings. The Hall–Kier alpha value is -2.25. The summed E-state index contributed by atoms with van der Waals surface area (Å²) in [5.41, 5.74) is 2.38. The maximum atomic E-state index is 12.5. The summed E-state index contributed by atoms with van der Waals surface area (Å²) in [4.78, 5) is 11.7. The number of benzene rings is 1. The molecule has 2 aromatic heterocycles. The number of hydrogen-bond acceptors (Lipinski definition) is 5. The molecule has 1 aromatic carbocycles. The summed E-state index contributed by atoms with van der Waals surface area (Å²) < 4.78 is 23.3. The predicted octanol–water partition coefficient (Wildman–Crippen LogP) is 2.68. The van der Waals surface area contributed by atoms with E-state index in [4.69, 9.17) is 9.47 Å². The minimum atomic E-state index is -1.29. The predicted molar refractivity (Wildman–Crippen MR) is 92.4 cm³/mol. The van der Waals surface area contributed by atoms with E-state index in [9.17, 15) is 4.21 Å². The molecule has 0 bridgehead atoms. The lowest BCUT2D eigenvalue weighted by Gasteiger charge is -2.07. The zero-order chi connectivity index (χ0) is 16.8. The number of aromatic amines is 1. The van der Waals surface area contributed by atoms with E-state index < -0.39 is 10.8 Å². The highest BCUT2D eigenvalue weighted by molar-refractivity contribution is 7.84. The van der Waals surface area contributed by atoms with E-state index >= 15 is 0 Å². The molecular weight excluding hydrogens is 326 g/mol. The van der Waals surface area contributed by atoms with Gasteiger partial charge in [0.15, 0.2) is 5.16 Å². The van der Waals surface area contributed by atoms with Crippen molar-refractivity contribution in [1.82, 2.24) is 15.0 Å². The summed E-state index contributed by atoms with van der Waals surface area (Å²) in [6, 6.07) is 11.2. The minimum Gasteiger partial charge on any atom is -0.491 e. The van der Waals surface area contributed by atoms with Crippen molar-refractivity contribution in [3.8, 4) is 5.75 Å². The van der Waals surface area contributed by atoms with Crippen molar-refractivity contribution in [3.63, 3.8) is 0 Å². The SMILES string of the molecule is CCOCCOc1ccnc(C[S@](=O)c2nc3ccccc3[nH]2)c1. The van der Waals surface area contributed by atoms with Crippen molar-refractivity contribution in [1.29, 1.82) is 0 Å². The van der Waals surface area contributed by atoms with Gasteiger partial charge in [-0.05, 0) is 25.1 Å². The van der Waals surface area contributed by atoms with E-state index in [-0.39, 0.29) is 5.75 Å². The molecular formula is C17H19N3O3S. The normalized spacial score (nSPS) is 12.4. The Morgan fingerprint density at radius 1 is 1.21 bits per heavy atom. The lowest BCUT2D eigenvalue weighted by molar-refractivity contribution is 0.110. The van der Waals surface area contributed by atoms with Crippen LogP contribution in [0.15, 0.2) is 47.8 Å². The van der Waals surface area contributed by atoms with Gasteiger partial charge >= 0.3 is 0 Å². The third kappa shape index (κ3) is 4.18. The molecule has 2 heterocycles. The third-order valence-corrected chi connectivity index (χ3v) is 4.53. The van der Waals surface area contributed by atoms with Crippen molar-refractivity contribution >= 4 is 21.8 Å². The smallest absolute Gasteiger partial charge is 0.197 e. The second-order valence-corrected chi connectivity index (χ2v) is 6.44. The summed E-state index contributed by atoms with van der Waals surface area (Å²) in [5.74, 6) is 0.976. The summed E-state index contributed by atoms with van der Waals surface area (Å²) in [5, 5.41) is 0.459. The first kappa shape index (κ1) is 16.6. The first-order valence-electron chi connectivity index (χ1n) is 7.75. The van der Waals surface area contributed by atoms with Crippen LogP contribution in [0, 0.1) is 0 Å². The minimum absolute atomic E-state index is 0.280. The van der Waals surface area contributed by atoms with Crippen molar-refractivity contribution < 1.29 is 13.7 Å². The van der Waals surface area contributed by atoms with E-state index in [1.54, 1.807) is 18.3 Å². The molecule has 1 N–H and O–H groups in total. The Bertz CT molecular complexity index is 802. The van der Waals surface area contributed by atoms with Gasteiger partial charge in [0.2, 0.25) is 0 Å². The number of ether oxygens (including phenoxy) is 2. The molecule has 3 rings (SSSR count). The number of rotatable bonds is 8. The average Bonchev–Trinajstić information content (AvgIpc) is 3.03. The highest BCUT2D eigenvalue weighted by Gasteiger charge is 2.12. The van der Waals surface area contributed by atoms with Crippen molar-refractivity contribution in [2.24, 2.45) is 0 Å². The Balaban J connectivity index is 1.65. The van der Waals surface area contributed by atoms with Crippen molar-refractivity contribution in [2.45, 2.75) is 17.8 Å². The number of H-pyrrole nitrogens is 1. The van der Waals surface area contributed by atoms with Crippen LogP contribution in [0.2, 0.25) is 0 Å². The number of nitrogens with zero attached hydrogens (tertiary/aromatic N) is 2. The van der Waals surface area contributed by atoms with Gasteiger partial charge < -0.3 is 14.5 Å². The number of imidazole rings is 1. The van der Waals surface area contributed by atoms with Crippen LogP contribution in [-0.2, 0) is 21.3 Å². The van der Waals surface area contributed by atoms with Crippen LogP contribution in [-0.4, -0.2) is 39.0 Å². The summed E-state index contributed by atoms with van der Waals surface area (Å²) in [7, 11) is -1.29. The number of para-hydroxylation sites is 2. The molecule has 0 unspecified atom stereocenters. The second-order valence-electron chi connectivity index (χ2n) is 5.08. The maximum absolute atomic E-state index is 12.5. The Kier molecular flexibility index (Phi) is 5.55. The number of hydrogen-bond donors (Lipinski definition) is 1. The van der Waals surface area contributed by atoms with Gasteiger partial charge in [-0.2, -0.15) is 0 Å². The molecule has 7 heteroatoms. The average molecular weight is 345 g/mol. The highest BCUT2D eigenvalue weighted by atomic mass is 32.2. The molecule has 1 atom stereocenters. The molecule has 0 radical (unpaired) electrons. The molecule has 0 aliphatic rings. The lowest BCUT2D eigenvalue weighted by atomic mass is 10.3. The zero-order valence-corrected chi connectivity index (χ0v) is 14.2. The van der Waals surface area contributed by atoms with E-state index in [2.05, 4.69) is 15.0 Å². The summed E-state index contributed by atoms with van der Waals surface area (Å²) in [6.45, 7) is 3.63. The zero-order valence-electron chi connectivity index (χ0n) is 13.4. The first-order valence-corrected chi connectivity index (χ1v) is 9.06.